The van der Waals surface area contributed by atoms with E-state index in [0.717, 1.165) is 15.3 Å². The van der Waals surface area contributed by atoms with Crippen LogP contribution in [0.25, 0.3) is 11.7 Å². The van der Waals surface area contributed by atoms with Crippen LogP contribution >= 0.6 is 0 Å². The first-order valence-electron chi connectivity index (χ1n) is 8.20. The average molecular weight is 385 g/mol. The van der Waals surface area contributed by atoms with Gasteiger partial charge < -0.3 is 5.32 Å². The second-order valence-electron chi connectivity index (χ2n) is 5.84. The first-order chi connectivity index (χ1) is 13.0. The van der Waals surface area contributed by atoms with Crippen LogP contribution in [0.3, 0.4) is 0 Å². The highest BCUT2D eigenvalue weighted by Gasteiger charge is 2.18. The molecule has 0 bridgehead atoms. The molecule has 0 aliphatic rings. The maximum atomic E-state index is 12.3. The van der Waals surface area contributed by atoms with E-state index < -0.39 is 15.9 Å². The Balaban J connectivity index is 1.57. The van der Waals surface area contributed by atoms with E-state index in [-0.39, 0.29) is 13.1 Å². The van der Waals surface area contributed by atoms with Crippen LogP contribution in [-0.4, -0.2) is 46.8 Å². The van der Waals surface area contributed by atoms with E-state index in [9.17, 15) is 13.2 Å². The summed E-state index contributed by atoms with van der Waals surface area (Å²) in [7, 11) is -2.34. The van der Waals surface area contributed by atoms with Crippen LogP contribution in [0.15, 0.2) is 60.1 Å². The summed E-state index contributed by atoms with van der Waals surface area (Å²) in [4.78, 5) is 12.1. The molecular weight excluding hydrogens is 366 g/mol. The van der Waals surface area contributed by atoms with Gasteiger partial charge in [0.05, 0.1) is 13.1 Å². The van der Waals surface area contributed by atoms with Gasteiger partial charge in [0.1, 0.15) is 0 Å². The van der Waals surface area contributed by atoms with Crippen molar-refractivity contribution < 1.29 is 13.2 Å². The van der Waals surface area contributed by atoms with Crippen molar-refractivity contribution in [2.45, 2.75) is 6.54 Å². The highest BCUT2D eigenvalue weighted by atomic mass is 32.2. The average Bonchev–Trinajstić information content (AvgIpc) is 3.09. The fraction of sp³-hybridized carbons (Fsp3) is 0.167. The highest BCUT2D eigenvalue weighted by molar-refractivity contribution is 7.92. The molecule has 0 saturated carbocycles. The molecule has 0 aliphatic heterocycles. The smallest absolute Gasteiger partial charge is 0.236 e. The van der Waals surface area contributed by atoms with Crippen LogP contribution in [0.4, 0.5) is 0 Å². The predicted octanol–water partition coefficient (Wildman–Crippen LogP) is 1.28. The molecule has 1 aromatic carbocycles. The molecule has 140 valence electrons. The molecule has 8 nitrogen and oxygen atoms in total. The number of fused-ring (bicyclic) bond motifs is 1. The number of rotatable bonds is 7. The summed E-state index contributed by atoms with van der Waals surface area (Å²) in [6, 6.07) is 14.5. The van der Waals surface area contributed by atoms with Gasteiger partial charge in [-0.25, -0.2) is 8.42 Å². The minimum absolute atomic E-state index is 0.151. The third-order valence-corrected chi connectivity index (χ3v) is 5.34. The Morgan fingerprint density at radius 1 is 1.15 bits per heavy atom. The number of hydrogen-bond acceptors (Lipinski definition) is 5. The first kappa shape index (κ1) is 18.7. The van der Waals surface area contributed by atoms with Gasteiger partial charge in [-0.1, -0.05) is 36.4 Å². The van der Waals surface area contributed by atoms with E-state index >= 15 is 0 Å². The van der Waals surface area contributed by atoms with Gasteiger partial charge in [0, 0.05) is 18.7 Å². The largest absolute Gasteiger partial charge is 0.348 e. The van der Waals surface area contributed by atoms with E-state index in [4.69, 9.17) is 0 Å². The Hall–Kier alpha value is -3.04. The van der Waals surface area contributed by atoms with Crippen molar-refractivity contribution in [3.63, 3.8) is 0 Å². The van der Waals surface area contributed by atoms with E-state index in [1.54, 1.807) is 28.8 Å². The monoisotopic (exact) mass is 385 g/mol. The zero-order chi connectivity index (χ0) is 19.3. The van der Waals surface area contributed by atoms with Gasteiger partial charge in [0.2, 0.25) is 15.9 Å². The number of nitrogens with one attached hydrogen (secondary N) is 1. The number of carbonyl (C=O) groups is 1. The molecule has 27 heavy (non-hydrogen) atoms. The van der Waals surface area contributed by atoms with Gasteiger partial charge in [-0.05, 0) is 23.8 Å². The normalized spacial score (nSPS) is 12.1. The number of pyridine rings is 1. The molecule has 0 fully saturated rings. The van der Waals surface area contributed by atoms with E-state index in [0.29, 0.717) is 11.5 Å². The Kier molecular flexibility index (Phi) is 5.63. The lowest BCUT2D eigenvalue weighted by Gasteiger charge is -2.14. The number of benzene rings is 1. The third-order valence-electron chi connectivity index (χ3n) is 3.86. The maximum absolute atomic E-state index is 12.3. The van der Waals surface area contributed by atoms with Crippen LogP contribution in [0.5, 0.6) is 0 Å². The molecular formula is C18H19N5O3S. The van der Waals surface area contributed by atoms with Crippen molar-refractivity contribution in [2.24, 2.45) is 0 Å². The molecule has 3 aromatic rings. The fourth-order valence-electron chi connectivity index (χ4n) is 2.37. The number of amides is 1. The standard InChI is InChI=1S/C18H19N5O3S/c1-22(27(25,26)12-10-15-7-3-2-4-8-15)14-18(24)19-13-17-21-20-16-9-5-6-11-23(16)17/h2-12H,13-14H2,1H3,(H,19,24)/b12-10+. The van der Waals surface area contributed by atoms with Crippen LogP contribution in [0.1, 0.15) is 11.4 Å². The summed E-state index contributed by atoms with van der Waals surface area (Å²) in [5.74, 6) is 0.135. The minimum atomic E-state index is -3.70. The molecule has 1 N–H and O–H groups in total. The van der Waals surface area contributed by atoms with Crippen LogP contribution in [-0.2, 0) is 21.4 Å². The van der Waals surface area contributed by atoms with Gasteiger partial charge in [0.25, 0.3) is 0 Å². The summed E-state index contributed by atoms with van der Waals surface area (Å²) >= 11 is 0. The molecule has 0 unspecified atom stereocenters. The quantitative estimate of drug-likeness (QED) is 0.661. The van der Waals surface area contributed by atoms with E-state index in [2.05, 4.69) is 15.5 Å². The van der Waals surface area contributed by atoms with Crippen LogP contribution in [0.2, 0.25) is 0 Å². The third kappa shape index (κ3) is 4.78. The lowest BCUT2D eigenvalue weighted by Crippen LogP contribution is -2.37. The molecule has 1 amide bonds. The lowest BCUT2D eigenvalue weighted by molar-refractivity contribution is -0.121. The Morgan fingerprint density at radius 3 is 2.67 bits per heavy atom. The second kappa shape index (κ2) is 8.11. The van der Waals surface area contributed by atoms with Gasteiger partial charge in [-0.15, -0.1) is 10.2 Å². The predicted molar refractivity (Wildman–Crippen MR) is 102 cm³/mol. The summed E-state index contributed by atoms with van der Waals surface area (Å²) in [6.45, 7) is -0.143. The second-order valence-corrected chi connectivity index (χ2v) is 7.76. The van der Waals surface area contributed by atoms with Crippen molar-refractivity contribution in [1.29, 1.82) is 0 Å². The Morgan fingerprint density at radius 2 is 1.89 bits per heavy atom. The maximum Gasteiger partial charge on any atom is 0.236 e. The Bertz CT molecular complexity index is 1060. The molecule has 0 radical (unpaired) electrons. The number of sulfonamides is 1. The summed E-state index contributed by atoms with van der Waals surface area (Å²) < 4.78 is 27.3. The molecule has 0 atom stereocenters. The highest BCUT2D eigenvalue weighted by Crippen LogP contribution is 2.07. The summed E-state index contributed by atoms with van der Waals surface area (Å²) in [6.07, 6.45) is 3.29. The molecule has 2 aromatic heterocycles. The van der Waals surface area contributed by atoms with Crippen molar-refractivity contribution in [1.82, 2.24) is 24.2 Å². The lowest BCUT2D eigenvalue weighted by atomic mass is 10.2. The molecule has 3 rings (SSSR count). The fourth-order valence-corrected chi connectivity index (χ4v) is 3.20. The van der Waals surface area contributed by atoms with Gasteiger partial charge in [0.15, 0.2) is 11.5 Å². The van der Waals surface area contributed by atoms with Crippen molar-refractivity contribution in [3.05, 3.63) is 71.5 Å². The molecule has 0 aliphatic carbocycles. The molecule has 9 heteroatoms. The van der Waals surface area contributed by atoms with Crippen LogP contribution in [0, 0.1) is 0 Å². The topological polar surface area (TPSA) is 96.7 Å². The minimum Gasteiger partial charge on any atom is -0.348 e. The van der Waals surface area contributed by atoms with Gasteiger partial charge in [-0.3, -0.25) is 9.20 Å². The Labute approximate surface area is 157 Å². The van der Waals surface area contributed by atoms with Crippen molar-refractivity contribution in [2.75, 3.05) is 13.6 Å². The number of nitrogens with zero attached hydrogens (tertiary/aromatic N) is 4. The number of hydrogen-bond donors (Lipinski definition) is 1. The number of aromatic nitrogens is 3. The summed E-state index contributed by atoms with van der Waals surface area (Å²) in [5, 5.41) is 11.8. The number of carbonyl (C=O) groups excluding carboxylic acids is 1. The van der Waals surface area contributed by atoms with Gasteiger partial charge in [-0.2, -0.15) is 4.31 Å². The first-order valence-corrected chi connectivity index (χ1v) is 9.71. The van der Waals surface area contributed by atoms with E-state index in [1.807, 2.05) is 30.3 Å². The van der Waals surface area contributed by atoms with Gasteiger partial charge >= 0.3 is 0 Å². The van der Waals surface area contributed by atoms with Crippen LogP contribution < -0.4 is 5.32 Å². The molecule has 0 spiro atoms. The van der Waals surface area contributed by atoms with E-state index in [1.165, 1.54) is 13.1 Å². The SMILES string of the molecule is CN(CC(=O)NCc1nnc2ccccn12)S(=O)(=O)/C=C/c1ccccc1. The molecule has 2 heterocycles. The summed E-state index contributed by atoms with van der Waals surface area (Å²) in [5.41, 5.74) is 1.44. The zero-order valence-electron chi connectivity index (χ0n) is 14.7. The molecule has 0 saturated heterocycles. The van der Waals surface area contributed by atoms with Crippen molar-refractivity contribution >= 4 is 27.7 Å². The zero-order valence-corrected chi connectivity index (χ0v) is 15.5. The van der Waals surface area contributed by atoms with Crippen molar-refractivity contribution in [3.8, 4) is 0 Å². The number of likely N-dealkylation sites (N-methyl/N-ethyl adjacent to an activating group) is 1.